The number of aromatic nitrogens is 2. The molecule has 0 atom stereocenters. The van der Waals surface area contributed by atoms with Crippen molar-refractivity contribution in [2.75, 3.05) is 0 Å². The summed E-state index contributed by atoms with van der Waals surface area (Å²) in [5.41, 5.74) is 0.350. The van der Waals surface area contributed by atoms with Gasteiger partial charge >= 0.3 is 6.18 Å². The van der Waals surface area contributed by atoms with Gasteiger partial charge in [-0.25, -0.2) is 4.98 Å². The second-order valence-electron chi connectivity index (χ2n) is 3.97. The Hall–Kier alpha value is -1.52. The Morgan fingerprint density at radius 3 is 2.56 bits per heavy atom. The molecule has 86 valence electrons. The van der Waals surface area contributed by atoms with Crippen molar-refractivity contribution in [3.8, 4) is 0 Å². The maximum atomic E-state index is 12.5. The fraction of sp³-hybridized carbons (Fsp3) is 0.364. The van der Waals surface area contributed by atoms with E-state index in [2.05, 4.69) is 4.98 Å². The Kier molecular flexibility index (Phi) is 2.40. The SMILES string of the molecule is CC(C)c1cccn2cc(C(F)(F)F)nc12. The predicted molar refractivity (Wildman–Crippen MR) is 54.3 cm³/mol. The van der Waals surface area contributed by atoms with Crippen molar-refractivity contribution in [3.63, 3.8) is 0 Å². The van der Waals surface area contributed by atoms with Gasteiger partial charge < -0.3 is 4.40 Å². The van der Waals surface area contributed by atoms with Crippen LogP contribution in [0.5, 0.6) is 0 Å². The van der Waals surface area contributed by atoms with Crippen molar-refractivity contribution >= 4 is 5.65 Å². The van der Waals surface area contributed by atoms with Crippen molar-refractivity contribution in [2.45, 2.75) is 25.9 Å². The van der Waals surface area contributed by atoms with Crippen molar-refractivity contribution in [3.05, 3.63) is 35.8 Å². The van der Waals surface area contributed by atoms with Crippen LogP contribution in [0.4, 0.5) is 13.2 Å². The van der Waals surface area contributed by atoms with Crippen LogP contribution in [-0.2, 0) is 6.18 Å². The first-order valence-electron chi connectivity index (χ1n) is 4.94. The van der Waals surface area contributed by atoms with Crippen LogP contribution >= 0.6 is 0 Å². The van der Waals surface area contributed by atoms with Gasteiger partial charge in [-0.05, 0) is 17.5 Å². The number of nitrogens with zero attached hydrogens (tertiary/aromatic N) is 2. The molecule has 0 fully saturated rings. The molecule has 2 aromatic rings. The molecule has 0 aliphatic carbocycles. The summed E-state index contributed by atoms with van der Waals surface area (Å²) in [6, 6.07) is 3.53. The largest absolute Gasteiger partial charge is 0.434 e. The van der Waals surface area contributed by atoms with Gasteiger partial charge in [-0.3, -0.25) is 0 Å². The van der Waals surface area contributed by atoms with Crippen molar-refractivity contribution in [1.82, 2.24) is 9.38 Å². The summed E-state index contributed by atoms with van der Waals surface area (Å²) in [4.78, 5) is 3.64. The molecule has 2 nitrogen and oxygen atoms in total. The van der Waals surface area contributed by atoms with Gasteiger partial charge in [-0.2, -0.15) is 13.2 Å². The molecule has 0 aliphatic heterocycles. The van der Waals surface area contributed by atoms with Crippen molar-refractivity contribution in [1.29, 1.82) is 0 Å². The number of fused-ring (bicyclic) bond motifs is 1. The Balaban J connectivity index is 2.66. The van der Waals surface area contributed by atoms with E-state index in [9.17, 15) is 13.2 Å². The van der Waals surface area contributed by atoms with Crippen LogP contribution in [0.1, 0.15) is 31.0 Å². The Morgan fingerprint density at radius 2 is 2.00 bits per heavy atom. The molecule has 0 saturated heterocycles. The van der Waals surface area contributed by atoms with Crippen LogP contribution in [0.15, 0.2) is 24.5 Å². The minimum atomic E-state index is -4.39. The summed E-state index contributed by atoms with van der Waals surface area (Å²) in [6.07, 6.45) is -1.80. The fourth-order valence-corrected chi connectivity index (χ4v) is 1.62. The minimum Gasteiger partial charge on any atom is -0.306 e. The van der Waals surface area contributed by atoms with Gasteiger partial charge in [0.25, 0.3) is 0 Å². The number of alkyl halides is 3. The Bertz CT molecular complexity index is 511. The van der Waals surface area contributed by atoms with E-state index in [4.69, 9.17) is 0 Å². The van der Waals surface area contributed by atoms with Crippen molar-refractivity contribution < 1.29 is 13.2 Å². The lowest BCUT2D eigenvalue weighted by Crippen LogP contribution is -2.04. The fourth-order valence-electron chi connectivity index (χ4n) is 1.62. The summed E-state index contributed by atoms with van der Waals surface area (Å²) < 4.78 is 38.9. The standard InChI is InChI=1S/C11H11F3N2/c1-7(2)8-4-3-5-16-6-9(11(12,13)14)15-10(8)16/h3-7H,1-2H3. The minimum absolute atomic E-state index is 0.146. The molecular formula is C11H11F3N2. The average Bonchev–Trinajstić information content (AvgIpc) is 2.59. The number of pyridine rings is 1. The summed E-state index contributed by atoms with van der Waals surface area (Å²) >= 11 is 0. The van der Waals surface area contributed by atoms with Crippen LogP contribution in [-0.4, -0.2) is 9.38 Å². The number of halogens is 3. The van der Waals surface area contributed by atoms with E-state index < -0.39 is 11.9 Å². The second-order valence-corrected chi connectivity index (χ2v) is 3.97. The smallest absolute Gasteiger partial charge is 0.306 e. The second kappa shape index (κ2) is 3.50. The predicted octanol–water partition coefficient (Wildman–Crippen LogP) is 3.48. The van der Waals surface area contributed by atoms with E-state index in [0.29, 0.717) is 5.65 Å². The molecule has 0 saturated carbocycles. The quantitative estimate of drug-likeness (QED) is 0.730. The zero-order valence-electron chi connectivity index (χ0n) is 8.92. The third-order valence-electron chi connectivity index (χ3n) is 2.43. The van der Waals surface area contributed by atoms with E-state index in [0.717, 1.165) is 11.8 Å². The maximum Gasteiger partial charge on any atom is 0.434 e. The van der Waals surface area contributed by atoms with Gasteiger partial charge in [0.15, 0.2) is 5.69 Å². The molecule has 16 heavy (non-hydrogen) atoms. The van der Waals surface area contributed by atoms with Gasteiger partial charge in [0.2, 0.25) is 0 Å². The molecule has 0 amide bonds. The molecule has 0 aliphatic rings. The van der Waals surface area contributed by atoms with Gasteiger partial charge in [-0.1, -0.05) is 19.9 Å². The number of hydrogen-bond donors (Lipinski definition) is 0. The lowest BCUT2D eigenvalue weighted by molar-refractivity contribution is -0.140. The zero-order valence-corrected chi connectivity index (χ0v) is 8.92. The molecule has 0 radical (unpaired) electrons. The Morgan fingerprint density at radius 1 is 1.31 bits per heavy atom. The summed E-state index contributed by atoms with van der Waals surface area (Å²) in [7, 11) is 0. The third-order valence-corrected chi connectivity index (χ3v) is 2.43. The first-order chi connectivity index (χ1) is 7.39. The van der Waals surface area contributed by atoms with Gasteiger partial charge in [0.05, 0.1) is 0 Å². The third kappa shape index (κ3) is 1.77. The molecule has 2 rings (SSSR count). The molecule has 0 spiro atoms. The normalized spacial score (nSPS) is 12.6. The van der Waals surface area contributed by atoms with Gasteiger partial charge in [0.1, 0.15) is 5.65 Å². The van der Waals surface area contributed by atoms with E-state index >= 15 is 0 Å². The zero-order chi connectivity index (χ0) is 11.9. The summed E-state index contributed by atoms with van der Waals surface area (Å²) in [5.74, 6) is 0.146. The molecule has 0 bridgehead atoms. The monoisotopic (exact) mass is 228 g/mol. The lowest BCUT2D eigenvalue weighted by atomic mass is 10.1. The van der Waals surface area contributed by atoms with Crippen LogP contribution < -0.4 is 0 Å². The van der Waals surface area contributed by atoms with E-state index in [-0.39, 0.29) is 5.92 Å². The van der Waals surface area contributed by atoms with Crippen LogP contribution in [0.3, 0.4) is 0 Å². The molecule has 0 N–H and O–H groups in total. The first kappa shape index (κ1) is 11.0. The van der Waals surface area contributed by atoms with E-state index in [1.165, 1.54) is 4.40 Å². The highest BCUT2D eigenvalue weighted by molar-refractivity contribution is 5.50. The molecule has 5 heteroatoms. The van der Waals surface area contributed by atoms with Crippen LogP contribution in [0, 0.1) is 0 Å². The topological polar surface area (TPSA) is 17.3 Å². The summed E-state index contributed by atoms with van der Waals surface area (Å²) in [6.45, 7) is 3.86. The first-order valence-corrected chi connectivity index (χ1v) is 4.94. The maximum absolute atomic E-state index is 12.5. The Labute approximate surface area is 90.7 Å². The number of imidazole rings is 1. The molecule has 2 heterocycles. The number of rotatable bonds is 1. The van der Waals surface area contributed by atoms with Crippen molar-refractivity contribution in [2.24, 2.45) is 0 Å². The highest BCUT2D eigenvalue weighted by Gasteiger charge is 2.34. The lowest BCUT2D eigenvalue weighted by Gasteiger charge is -2.05. The number of hydrogen-bond acceptors (Lipinski definition) is 1. The van der Waals surface area contributed by atoms with Gasteiger partial charge in [0, 0.05) is 12.4 Å². The molecule has 0 unspecified atom stereocenters. The highest BCUT2D eigenvalue weighted by atomic mass is 19.4. The molecule has 0 aromatic carbocycles. The highest BCUT2D eigenvalue weighted by Crippen LogP contribution is 2.30. The van der Waals surface area contributed by atoms with E-state index in [1.54, 1.807) is 18.3 Å². The van der Waals surface area contributed by atoms with Crippen LogP contribution in [0.25, 0.3) is 5.65 Å². The average molecular weight is 228 g/mol. The van der Waals surface area contributed by atoms with Gasteiger partial charge in [-0.15, -0.1) is 0 Å². The van der Waals surface area contributed by atoms with Crippen LogP contribution in [0.2, 0.25) is 0 Å². The van der Waals surface area contributed by atoms with E-state index in [1.807, 2.05) is 13.8 Å². The summed E-state index contributed by atoms with van der Waals surface area (Å²) in [5, 5.41) is 0. The molecule has 2 aromatic heterocycles. The molecular weight excluding hydrogens is 217 g/mol.